The topological polar surface area (TPSA) is 113 Å². The van der Waals surface area contributed by atoms with E-state index < -0.39 is 17.8 Å². The van der Waals surface area contributed by atoms with Crippen LogP contribution in [0.15, 0.2) is 24.3 Å². The molecule has 0 spiro atoms. The average molecular weight is 304 g/mol. The number of imide groups is 1. The summed E-state index contributed by atoms with van der Waals surface area (Å²) in [6.07, 6.45) is 4.10. The number of anilines is 1. The van der Waals surface area contributed by atoms with Gasteiger partial charge < -0.3 is 16.4 Å². The minimum absolute atomic E-state index is 0.123. The largest absolute Gasteiger partial charge is 0.375 e. The number of nitrogens with two attached hydrogens (primary N) is 1. The van der Waals surface area contributed by atoms with E-state index in [0.29, 0.717) is 11.3 Å². The van der Waals surface area contributed by atoms with Crippen LogP contribution in [0.5, 0.6) is 0 Å². The summed E-state index contributed by atoms with van der Waals surface area (Å²) in [4.78, 5) is 34.6. The van der Waals surface area contributed by atoms with Crippen molar-refractivity contribution in [1.29, 1.82) is 0 Å². The number of hydrogen-bond acceptors (Lipinski definition) is 4. The molecule has 0 aromatic heterocycles. The van der Waals surface area contributed by atoms with Gasteiger partial charge in [0.1, 0.15) is 0 Å². The summed E-state index contributed by atoms with van der Waals surface area (Å²) >= 11 is 0. The van der Waals surface area contributed by atoms with Crippen LogP contribution in [0.4, 0.5) is 10.5 Å². The summed E-state index contributed by atoms with van der Waals surface area (Å²) in [5.74, 6) is -1.06. The summed E-state index contributed by atoms with van der Waals surface area (Å²) < 4.78 is 0. The van der Waals surface area contributed by atoms with E-state index in [2.05, 4.69) is 16.0 Å². The van der Waals surface area contributed by atoms with Gasteiger partial charge in [-0.1, -0.05) is 25.0 Å². The Bertz CT molecular complexity index is 568. The molecule has 0 unspecified atom stereocenters. The first-order chi connectivity index (χ1) is 10.6. The summed E-state index contributed by atoms with van der Waals surface area (Å²) in [5.41, 5.74) is 6.01. The Morgan fingerprint density at radius 3 is 2.50 bits per heavy atom. The van der Waals surface area contributed by atoms with E-state index in [1.165, 1.54) is 0 Å². The summed E-state index contributed by atoms with van der Waals surface area (Å²) in [6.45, 7) is -0.123. The van der Waals surface area contributed by atoms with E-state index in [1.54, 1.807) is 24.3 Å². The minimum Gasteiger partial charge on any atom is -0.375 e. The maximum Gasteiger partial charge on any atom is 0.321 e. The number of nitrogens with one attached hydrogen (secondary N) is 3. The van der Waals surface area contributed by atoms with Crippen molar-refractivity contribution in [2.75, 3.05) is 11.9 Å². The molecule has 118 valence electrons. The van der Waals surface area contributed by atoms with Gasteiger partial charge in [-0.15, -0.1) is 0 Å². The summed E-state index contributed by atoms with van der Waals surface area (Å²) in [6, 6.07) is 6.28. The van der Waals surface area contributed by atoms with Crippen molar-refractivity contribution < 1.29 is 14.4 Å². The quantitative estimate of drug-likeness (QED) is 0.649. The standard InChI is InChI=1S/C15H20N4O3/c16-14(21)11-7-3-4-8-12(11)17-9-13(20)19-15(22)18-10-5-1-2-6-10/h3-4,7-8,10,17H,1-2,5-6,9H2,(H2,16,21)(H2,18,19,20,22). The van der Waals surface area contributed by atoms with Crippen LogP contribution in [0.3, 0.4) is 0 Å². The molecule has 1 aromatic carbocycles. The second-order valence-corrected chi connectivity index (χ2v) is 5.27. The van der Waals surface area contributed by atoms with Crippen LogP contribution in [0.2, 0.25) is 0 Å². The zero-order valence-corrected chi connectivity index (χ0v) is 12.2. The fourth-order valence-electron chi connectivity index (χ4n) is 2.49. The Morgan fingerprint density at radius 1 is 1.14 bits per heavy atom. The van der Waals surface area contributed by atoms with E-state index in [9.17, 15) is 14.4 Å². The van der Waals surface area contributed by atoms with Crippen LogP contribution in [-0.4, -0.2) is 30.4 Å². The highest BCUT2D eigenvalue weighted by atomic mass is 16.2. The van der Waals surface area contributed by atoms with Crippen molar-refractivity contribution >= 4 is 23.5 Å². The van der Waals surface area contributed by atoms with Crippen LogP contribution in [0.1, 0.15) is 36.0 Å². The number of para-hydroxylation sites is 1. The first-order valence-electron chi connectivity index (χ1n) is 7.29. The predicted octanol–water partition coefficient (Wildman–Crippen LogP) is 0.966. The maximum atomic E-state index is 11.7. The molecule has 4 amide bonds. The van der Waals surface area contributed by atoms with Gasteiger partial charge in [0.25, 0.3) is 5.91 Å². The van der Waals surface area contributed by atoms with Crippen molar-refractivity contribution in [3.05, 3.63) is 29.8 Å². The first kappa shape index (κ1) is 15.8. The lowest BCUT2D eigenvalue weighted by molar-refractivity contribution is -0.118. The fraction of sp³-hybridized carbons (Fsp3) is 0.400. The molecular weight excluding hydrogens is 284 g/mol. The molecule has 7 heteroatoms. The highest BCUT2D eigenvalue weighted by Crippen LogP contribution is 2.17. The predicted molar refractivity (Wildman–Crippen MR) is 82.4 cm³/mol. The first-order valence-corrected chi connectivity index (χ1v) is 7.29. The third-order valence-corrected chi connectivity index (χ3v) is 3.58. The molecule has 2 rings (SSSR count). The van der Waals surface area contributed by atoms with Gasteiger partial charge in [-0.25, -0.2) is 4.79 Å². The Labute approximate surface area is 128 Å². The summed E-state index contributed by atoms with van der Waals surface area (Å²) in [7, 11) is 0. The molecule has 0 saturated heterocycles. The molecular formula is C15H20N4O3. The van der Waals surface area contributed by atoms with E-state index in [0.717, 1.165) is 25.7 Å². The molecule has 7 nitrogen and oxygen atoms in total. The highest BCUT2D eigenvalue weighted by Gasteiger charge is 2.18. The van der Waals surface area contributed by atoms with Gasteiger partial charge in [-0.3, -0.25) is 14.9 Å². The van der Waals surface area contributed by atoms with Crippen molar-refractivity contribution in [3.63, 3.8) is 0 Å². The number of amides is 4. The third-order valence-electron chi connectivity index (χ3n) is 3.58. The van der Waals surface area contributed by atoms with E-state index >= 15 is 0 Å². The lowest BCUT2D eigenvalue weighted by Gasteiger charge is -2.13. The molecule has 22 heavy (non-hydrogen) atoms. The van der Waals surface area contributed by atoms with E-state index in [4.69, 9.17) is 5.73 Å². The minimum atomic E-state index is -0.581. The Kier molecular flexibility index (Phi) is 5.35. The van der Waals surface area contributed by atoms with Crippen molar-refractivity contribution in [2.24, 2.45) is 5.73 Å². The molecule has 1 aliphatic rings. The number of primary amides is 1. The zero-order valence-electron chi connectivity index (χ0n) is 12.2. The molecule has 1 saturated carbocycles. The Morgan fingerprint density at radius 2 is 1.82 bits per heavy atom. The second kappa shape index (κ2) is 7.44. The molecule has 1 aliphatic carbocycles. The molecule has 1 aromatic rings. The highest BCUT2D eigenvalue weighted by molar-refractivity contribution is 6.00. The number of rotatable bonds is 5. The maximum absolute atomic E-state index is 11.7. The van der Waals surface area contributed by atoms with Gasteiger partial charge in [-0.05, 0) is 25.0 Å². The number of benzene rings is 1. The molecule has 0 radical (unpaired) electrons. The van der Waals surface area contributed by atoms with E-state index in [-0.39, 0.29) is 12.6 Å². The third kappa shape index (κ3) is 4.47. The molecule has 5 N–H and O–H groups in total. The lowest BCUT2D eigenvalue weighted by atomic mass is 10.1. The van der Waals surface area contributed by atoms with Gasteiger partial charge in [-0.2, -0.15) is 0 Å². The van der Waals surface area contributed by atoms with Gasteiger partial charge in [0, 0.05) is 11.7 Å². The van der Waals surface area contributed by atoms with Crippen LogP contribution in [-0.2, 0) is 4.79 Å². The van der Waals surface area contributed by atoms with Crippen molar-refractivity contribution in [2.45, 2.75) is 31.7 Å². The normalized spacial score (nSPS) is 14.4. The molecule has 1 fully saturated rings. The van der Waals surface area contributed by atoms with Crippen LogP contribution in [0.25, 0.3) is 0 Å². The molecule has 0 aliphatic heterocycles. The number of hydrogen-bond donors (Lipinski definition) is 4. The lowest BCUT2D eigenvalue weighted by Crippen LogP contribution is -2.45. The zero-order chi connectivity index (χ0) is 15.9. The monoisotopic (exact) mass is 304 g/mol. The van der Waals surface area contributed by atoms with E-state index in [1.807, 2.05) is 0 Å². The SMILES string of the molecule is NC(=O)c1ccccc1NCC(=O)NC(=O)NC1CCCC1. The van der Waals surface area contributed by atoms with Crippen LogP contribution >= 0.6 is 0 Å². The number of urea groups is 1. The van der Waals surface area contributed by atoms with Gasteiger partial charge in [0.2, 0.25) is 5.91 Å². The molecule has 0 atom stereocenters. The number of carbonyl (C=O) groups excluding carboxylic acids is 3. The van der Waals surface area contributed by atoms with Crippen molar-refractivity contribution in [1.82, 2.24) is 10.6 Å². The Balaban J connectivity index is 1.80. The van der Waals surface area contributed by atoms with Gasteiger partial charge >= 0.3 is 6.03 Å². The average Bonchev–Trinajstić information content (AvgIpc) is 2.98. The van der Waals surface area contributed by atoms with Gasteiger partial charge in [0.15, 0.2) is 0 Å². The van der Waals surface area contributed by atoms with Crippen LogP contribution < -0.4 is 21.7 Å². The van der Waals surface area contributed by atoms with Crippen LogP contribution in [0, 0.1) is 0 Å². The van der Waals surface area contributed by atoms with Gasteiger partial charge in [0.05, 0.1) is 12.1 Å². The van der Waals surface area contributed by atoms with Crippen molar-refractivity contribution in [3.8, 4) is 0 Å². The summed E-state index contributed by atoms with van der Waals surface area (Å²) in [5, 5.41) is 7.82. The fourth-order valence-corrected chi connectivity index (χ4v) is 2.49. The molecule has 0 bridgehead atoms. The Hall–Kier alpha value is -2.57. The number of carbonyl (C=O) groups is 3. The molecule has 0 heterocycles. The smallest absolute Gasteiger partial charge is 0.321 e. The second-order valence-electron chi connectivity index (χ2n) is 5.27.